The third-order valence-corrected chi connectivity index (χ3v) is 5.98. The standard InChI is InChI=1S/C28H34ClN5O6/c1-18(2)32-15-20(35)16-39-26-9-6-21(14-24(26)30-3)38-12-4-11-31-28(37)17-40-25-8-5-19(13-22(25)29)23-7-10-27(36)34-33-23/h5-6,8-9,13-14,18,20,32,35H,4,7,10-12,15-17H2,1-2H3,(H,31,37)(H,34,36)/t20-/m0/s1. The van der Waals surface area contributed by atoms with Crippen molar-refractivity contribution in [2.24, 2.45) is 5.10 Å². The van der Waals surface area contributed by atoms with Crippen molar-refractivity contribution in [2.75, 3.05) is 32.9 Å². The van der Waals surface area contributed by atoms with Crippen LogP contribution >= 0.6 is 11.6 Å². The highest BCUT2D eigenvalue weighted by Gasteiger charge is 2.15. The third kappa shape index (κ3) is 10.0. The zero-order chi connectivity index (χ0) is 28.9. The van der Waals surface area contributed by atoms with Gasteiger partial charge in [0, 0.05) is 32.0 Å². The Morgan fingerprint density at radius 1 is 1.18 bits per heavy atom. The van der Waals surface area contributed by atoms with Gasteiger partial charge < -0.3 is 30.0 Å². The molecule has 11 nitrogen and oxygen atoms in total. The molecule has 2 aromatic carbocycles. The van der Waals surface area contributed by atoms with E-state index >= 15 is 0 Å². The zero-order valence-corrected chi connectivity index (χ0v) is 23.3. The number of nitrogens with one attached hydrogen (secondary N) is 3. The van der Waals surface area contributed by atoms with Gasteiger partial charge >= 0.3 is 0 Å². The largest absolute Gasteiger partial charge is 0.502 e. The van der Waals surface area contributed by atoms with E-state index in [1.807, 2.05) is 13.8 Å². The van der Waals surface area contributed by atoms with Gasteiger partial charge in [-0.25, -0.2) is 10.3 Å². The number of aliphatic hydroxyl groups excluding tert-OH is 1. The average molecular weight is 572 g/mol. The Kier molecular flexibility index (Phi) is 12.0. The van der Waals surface area contributed by atoms with E-state index in [1.165, 1.54) is 0 Å². The van der Waals surface area contributed by atoms with Gasteiger partial charge in [-0.3, -0.25) is 9.59 Å². The van der Waals surface area contributed by atoms with Crippen LogP contribution in [0.5, 0.6) is 17.2 Å². The van der Waals surface area contributed by atoms with Gasteiger partial charge in [0.1, 0.15) is 30.0 Å². The molecule has 0 aromatic heterocycles. The Morgan fingerprint density at radius 3 is 2.67 bits per heavy atom. The maximum atomic E-state index is 12.2. The zero-order valence-electron chi connectivity index (χ0n) is 22.5. The Morgan fingerprint density at radius 2 is 1.98 bits per heavy atom. The first-order valence-electron chi connectivity index (χ1n) is 13.0. The summed E-state index contributed by atoms with van der Waals surface area (Å²) in [6, 6.07) is 10.3. The van der Waals surface area contributed by atoms with E-state index in [4.69, 9.17) is 32.4 Å². The van der Waals surface area contributed by atoms with E-state index in [-0.39, 0.29) is 36.8 Å². The molecule has 12 heteroatoms. The fraction of sp³-hybridized carbons (Fsp3) is 0.429. The number of ether oxygens (including phenoxy) is 3. The normalized spacial score (nSPS) is 13.6. The minimum Gasteiger partial charge on any atom is -0.502 e. The van der Waals surface area contributed by atoms with Crippen LogP contribution in [-0.4, -0.2) is 67.7 Å². The number of rotatable bonds is 15. The maximum Gasteiger partial charge on any atom is 0.257 e. The van der Waals surface area contributed by atoms with Crippen molar-refractivity contribution in [1.29, 1.82) is 0 Å². The van der Waals surface area contributed by atoms with Gasteiger partial charge in [-0.2, -0.15) is 5.10 Å². The number of hydrogen-bond donors (Lipinski definition) is 4. The SMILES string of the molecule is [C-]#[N+]c1cc(OCCCNC(=O)COc2ccc(C3=NNC(=O)CC3)cc2Cl)ccc1OC[C@@H](O)CNC(C)C. The molecule has 0 unspecified atom stereocenters. The number of nitrogens with zero attached hydrogens (tertiary/aromatic N) is 2. The van der Waals surface area contributed by atoms with Gasteiger partial charge in [0.05, 0.1) is 23.9 Å². The summed E-state index contributed by atoms with van der Waals surface area (Å²) in [7, 11) is 0. The molecular formula is C28H34ClN5O6. The summed E-state index contributed by atoms with van der Waals surface area (Å²) in [6.07, 6.45) is 0.743. The lowest BCUT2D eigenvalue weighted by atomic mass is 10.0. The lowest BCUT2D eigenvalue weighted by molar-refractivity contribution is -0.123. The van der Waals surface area contributed by atoms with Crippen molar-refractivity contribution in [3.63, 3.8) is 0 Å². The molecule has 1 atom stereocenters. The molecule has 3 rings (SSSR count). The predicted molar refractivity (Wildman–Crippen MR) is 151 cm³/mol. The molecule has 0 aliphatic carbocycles. The fourth-order valence-electron chi connectivity index (χ4n) is 3.58. The molecule has 1 aliphatic rings. The molecular weight excluding hydrogens is 538 g/mol. The molecule has 0 saturated heterocycles. The van der Waals surface area contributed by atoms with Gasteiger partial charge in [-0.05, 0) is 48.4 Å². The Labute approximate surface area is 238 Å². The number of aliphatic hydroxyl groups is 1. The number of amides is 2. The van der Waals surface area contributed by atoms with Crippen molar-refractivity contribution >= 4 is 34.8 Å². The first-order valence-corrected chi connectivity index (χ1v) is 13.4. The summed E-state index contributed by atoms with van der Waals surface area (Å²) in [6.45, 7) is 12.4. The number of halogens is 1. The van der Waals surface area contributed by atoms with E-state index < -0.39 is 6.10 Å². The number of hydrogen-bond acceptors (Lipinski definition) is 8. The van der Waals surface area contributed by atoms with Gasteiger partial charge in [0.2, 0.25) is 11.6 Å². The van der Waals surface area contributed by atoms with Crippen molar-refractivity contribution in [2.45, 2.75) is 45.3 Å². The van der Waals surface area contributed by atoms with Crippen molar-refractivity contribution in [3.8, 4) is 17.2 Å². The third-order valence-electron chi connectivity index (χ3n) is 5.68. The molecule has 0 radical (unpaired) electrons. The number of hydrazone groups is 1. The summed E-state index contributed by atoms with van der Waals surface area (Å²) < 4.78 is 16.8. The molecule has 2 amide bonds. The first-order chi connectivity index (χ1) is 19.2. The summed E-state index contributed by atoms with van der Waals surface area (Å²) >= 11 is 6.29. The molecule has 4 N–H and O–H groups in total. The Hall–Kier alpha value is -3.85. The lowest BCUT2D eigenvalue weighted by Gasteiger charge is -2.16. The first kappa shape index (κ1) is 30.7. The lowest BCUT2D eigenvalue weighted by Crippen LogP contribution is -2.35. The highest BCUT2D eigenvalue weighted by molar-refractivity contribution is 6.32. The van der Waals surface area contributed by atoms with Crippen LogP contribution in [0, 0.1) is 6.57 Å². The van der Waals surface area contributed by atoms with Crippen LogP contribution in [0.25, 0.3) is 4.85 Å². The second-order valence-electron chi connectivity index (χ2n) is 9.35. The quantitative estimate of drug-likeness (QED) is 0.190. The van der Waals surface area contributed by atoms with E-state index in [9.17, 15) is 14.7 Å². The van der Waals surface area contributed by atoms with Crippen LogP contribution in [0.15, 0.2) is 41.5 Å². The van der Waals surface area contributed by atoms with E-state index in [1.54, 1.807) is 36.4 Å². The van der Waals surface area contributed by atoms with Gasteiger partial charge in [0.25, 0.3) is 5.91 Å². The number of carbonyl (C=O) groups is 2. The van der Waals surface area contributed by atoms with E-state index in [2.05, 4.69) is 26.0 Å². The summed E-state index contributed by atoms with van der Waals surface area (Å²) in [5.41, 5.74) is 4.25. The second kappa shape index (κ2) is 15.7. The predicted octanol–water partition coefficient (Wildman–Crippen LogP) is 3.21. The summed E-state index contributed by atoms with van der Waals surface area (Å²) in [5, 5.41) is 20.3. The van der Waals surface area contributed by atoms with Gasteiger partial charge in [-0.15, -0.1) is 0 Å². The molecule has 0 bridgehead atoms. The minimum absolute atomic E-state index is 0.0695. The van der Waals surface area contributed by atoms with Crippen LogP contribution in [0.2, 0.25) is 5.02 Å². The van der Waals surface area contributed by atoms with Crippen molar-refractivity contribution < 1.29 is 28.9 Å². The fourth-order valence-corrected chi connectivity index (χ4v) is 3.81. The van der Waals surface area contributed by atoms with E-state index in [0.29, 0.717) is 61.2 Å². The number of benzene rings is 2. The van der Waals surface area contributed by atoms with Gasteiger partial charge in [0.15, 0.2) is 6.61 Å². The van der Waals surface area contributed by atoms with Crippen LogP contribution in [0.4, 0.5) is 5.69 Å². The van der Waals surface area contributed by atoms with Crippen molar-refractivity contribution in [1.82, 2.24) is 16.1 Å². The molecule has 2 aromatic rings. The molecule has 0 saturated carbocycles. The van der Waals surface area contributed by atoms with Crippen molar-refractivity contribution in [3.05, 3.63) is 58.4 Å². The highest BCUT2D eigenvalue weighted by atomic mass is 35.5. The van der Waals surface area contributed by atoms with Crippen LogP contribution in [0.3, 0.4) is 0 Å². The van der Waals surface area contributed by atoms with Crippen LogP contribution in [-0.2, 0) is 9.59 Å². The summed E-state index contributed by atoms with van der Waals surface area (Å²) in [4.78, 5) is 26.9. The van der Waals surface area contributed by atoms with E-state index in [0.717, 1.165) is 11.3 Å². The topological polar surface area (TPSA) is 135 Å². The highest BCUT2D eigenvalue weighted by Crippen LogP contribution is 2.32. The van der Waals surface area contributed by atoms with Crippen LogP contribution < -0.4 is 30.3 Å². The minimum atomic E-state index is -0.691. The Balaban J connectivity index is 1.35. The smallest absolute Gasteiger partial charge is 0.257 e. The maximum absolute atomic E-state index is 12.2. The molecule has 1 aliphatic heterocycles. The average Bonchev–Trinajstić information content (AvgIpc) is 2.94. The number of carbonyl (C=O) groups excluding carboxylic acids is 2. The molecule has 214 valence electrons. The monoisotopic (exact) mass is 571 g/mol. The molecule has 40 heavy (non-hydrogen) atoms. The molecule has 1 heterocycles. The summed E-state index contributed by atoms with van der Waals surface area (Å²) in [5.74, 6) is 0.833. The second-order valence-corrected chi connectivity index (χ2v) is 9.76. The molecule has 0 spiro atoms. The molecule has 0 fully saturated rings. The van der Waals surface area contributed by atoms with Gasteiger partial charge in [-0.1, -0.05) is 25.4 Å². The van der Waals surface area contributed by atoms with Crippen LogP contribution in [0.1, 0.15) is 38.7 Å². The Bertz CT molecular complexity index is 1250.